The third-order valence-electron chi connectivity index (χ3n) is 3.22. The van der Waals surface area contributed by atoms with Gasteiger partial charge in [-0.25, -0.2) is 8.42 Å². The molecule has 0 amide bonds. The van der Waals surface area contributed by atoms with Crippen LogP contribution in [0, 0.1) is 0 Å². The van der Waals surface area contributed by atoms with E-state index in [0.717, 1.165) is 18.1 Å². The number of hydrogen-bond donors (Lipinski definition) is 1. The number of rotatable bonds is 7. The average Bonchev–Trinajstić information content (AvgIpc) is 2.59. The molecule has 2 rings (SSSR count). The van der Waals surface area contributed by atoms with Gasteiger partial charge >= 0.3 is 0 Å². The lowest BCUT2D eigenvalue weighted by molar-refractivity contribution is 0.414. The predicted molar refractivity (Wildman–Crippen MR) is 97.3 cm³/mol. The van der Waals surface area contributed by atoms with Crippen LogP contribution >= 0.6 is 7.70 Å². The molecule has 2 aromatic rings. The first kappa shape index (κ1) is 17.7. The van der Waals surface area contributed by atoms with Crippen LogP contribution in [0.5, 0.6) is 5.75 Å². The molecule has 23 heavy (non-hydrogen) atoms. The van der Waals surface area contributed by atoms with Crippen LogP contribution in [0.25, 0.3) is 0 Å². The van der Waals surface area contributed by atoms with E-state index >= 15 is 0 Å². The van der Waals surface area contributed by atoms with Crippen LogP contribution in [0.1, 0.15) is 19.8 Å². The van der Waals surface area contributed by atoms with E-state index in [9.17, 15) is 8.42 Å². The van der Waals surface area contributed by atoms with Crippen LogP contribution in [0.2, 0.25) is 0 Å². The van der Waals surface area contributed by atoms with Gasteiger partial charge in [0.05, 0.1) is 12.0 Å². The summed E-state index contributed by atoms with van der Waals surface area (Å²) in [5.74, 6) is 2.69. The zero-order valence-electron chi connectivity index (χ0n) is 13.3. The molecule has 1 unspecified atom stereocenters. The molecule has 2 aromatic carbocycles. The Morgan fingerprint density at radius 1 is 1.09 bits per heavy atom. The van der Waals surface area contributed by atoms with Crippen LogP contribution in [-0.4, -0.2) is 21.3 Å². The normalized spacial score (nSPS) is 12.2. The molecular formula is C17H21NO3PS+. The van der Waals surface area contributed by atoms with E-state index in [1.54, 1.807) is 31.4 Å². The van der Waals surface area contributed by atoms with Crippen LogP contribution in [0.3, 0.4) is 0 Å². The van der Waals surface area contributed by atoms with Crippen molar-refractivity contribution in [2.24, 2.45) is 0 Å². The quantitative estimate of drug-likeness (QED) is 0.780. The van der Waals surface area contributed by atoms with E-state index in [2.05, 4.69) is 17.2 Å². The Labute approximate surface area is 139 Å². The molecule has 0 saturated heterocycles. The topological polar surface area (TPSA) is 55.4 Å². The Hall–Kier alpha value is -1.68. The Balaban J connectivity index is 2.30. The smallest absolute Gasteiger partial charge is 0.276 e. The summed E-state index contributed by atoms with van der Waals surface area (Å²) in [6.07, 6.45) is 1.85. The van der Waals surface area contributed by atoms with Crippen molar-refractivity contribution in [1.82, 2.24) is 4.49 Å². The summed E-state index contributed by atoms with van der Waals surface area (Å²) >= 11 is 0. The van der Waals surface area contributed by atoms with Crippen LogP contribution < -0.4 is 14.5 Å². The zero-order chi connectivity index (χ0) is 16.7. The molecule has 4 nitrogen and oxygen atoms in total. The highest BCUT2D eigenvalue weighted by atomic mass is 32.2. The fraction of sp³-hybridized carbons (Fsp3) is 0.235. The number of ether oxygens (including phenoxy) is 1. The van der Waals surface area contributed by atoms with Crippen molar-refractivity contribution in [3.8, 4) is 5.75 Å². The van der Waals surface area contributed by atoms with Gasteiger partial charge in [-0.3, -0.25) is 0 Å². The average molecular weight is 350 g/mol. The summed E-state index contributed by atoms with van der Waals surface area (Å²) in [6.45, 7) is 2.08. The van der Waals surface area contributed by atoms with Gasteiger partial charge in [-0.1, -0.05) is 25.1 Å². The Morgan fingerprint density at radius 2 is 1.74 bits per heavy atom. The van der Waals surface area contributed by atoms with Crippen molar-refractivity contribution >= 4 is 28.8 Å². The molecule has 122 valence electrons. The van der Waals surface area contributed by atoms with Gasteiger partial charge in [0.1, 0.15) is 11.5 Å². The minimum atomic E-state index is -3.57. The van der Waals surface area contributed by atoms with Crippen molar-refractivity contribution in [3.05, 3.63) is 54.6 Å². The molecule has 0 saturated carbocycles. The van der Waals surface area contributed by atoms with Crippen molar-refractivity contribution in [1.29, 1.82) is 0 Å². The molecule has 0 aromatic heterocycles. The molecular weight excluding hydrogens is 329 g/mol. The van der Waals surface area contributed by atoms with Gasteiger partial charge in [-0.15, -0.1) is 0 Å². The van der Waals surface area contributed by atoms with Crippen LogP contribution in [-0.2, 0) is 10.0 Å². The first-order valence-corrected chi connectivity index (χ1v) is 10.3. The minimum absolute atomic E-state index is 0.242. The highest BCUT2D eigenvalue weighted by Crippen LogP contribution is 2.23. The SMILES string of the molecule is CCCC=[P+](NS(=O)(=O)c1ccc(OC)cc1)c1ccccc1. The number of hydrogen-bond acceptors (Lipinski definition) is 3. The molecule has 0 aliphatic rings. The van der Waals surface area contributed by atoms with E-state index in [4.69, 9.17) is 4.74 Å². The molecule has 6 heteroatoms. The lowest BCUT2D eigenvalue weighted by Gasteiger charge is -2.04. The molecule has 1 N–H and O–H groups in total. The molecule has 0 aliphatic heterocycles. The van der Waals surface area contributed by atoms with Gasteiger partial charge in [-0.2, -0.15) is 0 Å². The first-order valence-electron chi connectivity index (χ1n) is 7.41. The molecule has 0 aliphatic carbocycles. The monoisotopic (exact) mass is 350 g/mol. The van der Waals surface area contributed by atoms with Crippen molar-refractivity contribution in [2.75, 3.05) is 7.11 Å². The third-order valence-corrected chi connectivity index (χ3v) is 7.34. The molecule has 0 fully saturated rings. The number of nitrogens with one attached hydrogen (secondary N) is 1. The van der Waals surface area contributed by atoms with Crippen molar-refractivity contribution in [2.45, 2.75) is 24.7 Å². The predicted octanol–water partition coefficient (Wildman–Crippen LogP) is 3.30. The fourth-order valence-electron chi connectivity index (χ4n) is 1.98. The van der Waals surface area contributed by atoms with Gasteiger partial charge in [0.15, 0.2) is 5.30 Å². The second kappa shape index (κ2) is 8.25. The Morgan fingerprint density at radius 3 is 2.30 bits per heavy atom. The lowest BCUT2D eigenvalue weighted by Crippen LogP contribution is -2.21. The van der Waals surface area contributed by atoms with E-state index in [0.29, 0.717) is 5.75 Å². The van der Waals surface area contributed by atoms with E-state index in [-0.39, 0.29) is 4.90 Å². The first-order chi connectivity index (χ1) is 11.1. The Bertz CT molecular complexity index is 756. The fourth-order valence-corrected chi connectivity index (χ4v) is 5.87. The van der Waals surface area contributed by atoms with Crippen LogP contribution in [0.4, 0.5) is 0 Å². The van der Waals surface area contributed by atoms with Crippen molar-refractivity contribution in [3.63, 3.8) is 0 Å². The Kier molecular flexibility index (Phi) is 6.34. The van der Waals surface area contributed by atoms with Gasteiger partial charge in [0, 0.05) is 6.42 Å². The number of methoxy groups -OCH3 is 1. The van der Waals surface area contributed by atoms with Gasteiger partial charge < -0.3 is 4.74 Å². The standard InChI is InChI=1S/C17H21NO3PS/c1-3-4-14-22(16-8-6-5-7-9-16)18-23(19,20)17-12-10-15(21-2)11-13-17/h5-14,18H,3-4H2,1-2H3/q+1. The maximum Gasteiger partial charge on any atom is 0.276 e. The van der Waals surface area contributed by atoms with Gasteiger partial charge in [0.2, 0.25) is 7.70 Å². The summed E-state index contributed by atoms with van der Waals surface area (Å²) in [5, 5.41) is 0.994. The largest absolute Gasteiger partial charge is 0.497 e. The second-order valence-corrected chi connectivity index (χ2v) is 8.78. The lowest BCUT2D eigenvalue weighted by atomic mass is 10.3. The van der Waals surface area contributed by atoms with Gasteiger partial charge in [0.25, 0.3) is 10.0 Å². The highest BCUT2D eigenvalue weighted by Gasteiger charge is 2.24. The van der Waals surface area contributed by atoms with Gasteiger partial charge in [-0.05, 0) is 47.3 Å². The van der Waals surface area contributed by atoms with Crippen molar-refractivity contribution < 1.29 is 13.2 Å². The molecule has 0 spiro atoms. The van der Waals surface area contributed by atoms with Crippen LogP contribution in [0.15, 0.2) is 59.5 Å². The zero-order valence-corrected chi connectivity index (χ0v) is 15.0. The number of unbranched alkanes of at least 4 members (excludes halogenated alkanes) is 1. The molecule has 0 bridgehead atoms. The third kappa shape index (κ3) is 4.90. The second-order valence-electron chi connectivity index (χ2n) is 4.95. The summed E-state index contributed by atoms with van der Waals surface area (Å²) in [7, 11) is -3.10. The molecule has 0 radical (unpaired) electrons. The van der Waals surface area contributed by atoms with E-state index in [1.807, 2.05) is 30.3 Å². The maximum absolute atomic E-state index is 12.6. The van der Waals surface area contributed by atoms with E-state index in [1.165, 1.54) is 0 Å². The molecule has 1 atom stereocenters. The molecule has 0 heterocycles. The minimum Gasteiger partial charge on any atom is -0.497 e. The maximum atomic E-state index is 12.6. The van der Waals surface area contributed by atoms with E-state index < -0.39 is 17.7 Å². The summed E-state index contributed by atoms with van der Waals surface area (Å²) in [5.41, 5.74) is 0. The number of benzene rings is 2. The summed E-state index contributed by atoms with van der Waals surface area (Å²) < 4.78 is 33.2. The summed E-state index contributed by atoms with van der Waals surface area (Å²) in [4.78, 5) is 0.242. The number of sulfonamides is 1. The summed E-state index contributed by atoms with van der Waals surface area (Å²) in [6, 6.07) is 16.1. The highest BCUT2D eigenvalue weighted by molar-refractivity contribution is 7.96.